The summed E-state index contributed by atoms with van der Waals surface area (Å²) in [4.78, 5) is 13.2. The Bertz CT molecular complexity index is 1200. The van der Waals surface area contributed by atoms with Crippen molar-refractivity contribution in [1.82, 2.24) is 4.31 Å². The molecule has 0 radical (unpaired) electrons. The third-order valence-corrected chi connectivity index (χ3v) is 7.55. The molecule has 3 rings (SSSR count). The quantitative estimate of drug-likeness (QED) is 0.504. The van der Waals surface area contributed by atoms with Gasteiger partial charge in [0.2, 0.25) is 15.9 Å². The Morgan fingerprint density at radius 1 is 0.939 bits per heavy atom. The highest BCUT2D eigenvalue weighted by atomic mass is 32.2. The van der Waals surface area contributed by atoms with Gasteiger partial charge in [-0.15, -0.1) is 0 Å². The molecule has 0 heterocycles. The van der Waals surface area contributed by atoms with E-state index in [1.54, 1.807) is 38.1 Å². The second-order valence-corrected chi connectivity index (χ2v) is 9.93. The van der Waals surface area contributed by atoms with Crippen molar-refractivity contribution in [3.05, 3.63) is 89.0 Å². The van der Waals surface area contributed by atoms with Crippen molar-refractivity contribution in [2.24, 2.45) is 0 Å². The summed E-state index contributed by atoms with van der Waals surface area (Å²) < 4.78 is 34.0. The number of hydrogen-bond donors (Lipinski definition) is 1. The molecular formula is C26H30N2O4S. The number of hydrogen-bond acceptors (Lipinski definition) is 4. The van der Waals surface area contributed by atoms with Crippen LogP contribution in [-0.2, 0) is 21.2 Å². The molecule has 0 bridgehead atoms. The van der Waals surface area contributed by atoms with Gasteiger partial charge in [-0.2, -0.15) is 4.31 Å². The molecule has 0 fully saturated rings. The van der Waals surface area contributed by atoms with Crippen LogP contribution in [-0.4, -0.2) is 38.8 Å². The van der Waals surface area contributed by atoms with E-state index in [1.165, 1.54) is 11.4 Å². The molecule has 33 heavy (non-hydrogen) atoms. The maximum absolute atomic E-state index is 13.7. The van der Waals surface area contributed by atoms with E-state index in [4.69, 9.17) is 4.74 Å². The molecule has 0 spiro atoms. The molecule has 0 aliphatic carbocycles. The fraction of sp³-hybridized carbons (Fsp3) is 0.269. The zero-order valence-corrected chi connectivity index (χ0v) is 20.3. The summed E-state index contributed by atoms with van der Waals surface area (Å²) in [6.07, 6.45) is 0.492. The Morgan fingerprint density at radius 3 is 2.18 bits per heavy atom. The predicted molar refractivity (Wildman–Crippen MR) is 131 cm³/mol. The number of methoxy groups -OCH3 is 1. The van der Waals surface area contributed by atoms with Gasteiger partial charge in [-0.25, -0.2) is 8.42 Å². The van der Waals surface area contributed by atoms with Gasteiger partial charge in [-0.1, -0.05) is 60.2 Å². The molecule has 3 aromatic rings. The number of amides is 1. The first-order chi connectivity index (χ1) is 15.7. The van der Waals surface area contributed by atoms with Gasteiger partial charge in [0, 0.05) is 6.54 Å². The average Bonchev–Trinajstić information content (AvgIpc) is 2.76. The van der Waals surface area contributed by atoms with E-state index < -0.39 is 15.9 Å². The van der Waals surface area contributed by atoms with Crippen molar-refractivity contribution in [2.45, 2.75) is 32.1 Å². The van der Waals surface area contributed by atoms with Gasteiger partial charge in [0.05, 0.1) is 24.2 Å². The van der Waals surface area contributed by atoms with Crippen molar-refractivity contribution in [1.29, 1.82) is 0 Å². The minimum Gasteiger partial charge on any atom is -0.495 e. The lowest BCUT2D eigenvalue weighted by molar-refractivity contribution is -0.116. The Kier molecular flexibility index (Phi) is 7.89. The normalized spacial score (nSPS) is 11.4. The Labute approximate surface area is 196 Å². The fourth-order valence-electron chi connectivity index (χ4n) is 3.98. The van der Waals surface area contributed by atoms with Crippen molar-refractivity contribution < 1.29 is 17.9 Å². The molecule has 1 N–H and O–H groups in total. The first-order valence-electron chi connectivity index (χ1n) is 10.8. The molecule has 174 valence electrons. The lowest BCUT2D eigenvalue weighted by Gasteiger charge is -2.24. The minimum atomic E-state index is -3.91. The zero-order valence-electron chi connectivity index (χ0n) is 19.5. The van der Waals surface area contributed by atoms with Crippen LogP contribution in [0.5, 0.6) is 5.75 Å². The van der Waals surface area contributed by atoms with Crippen molar-refractivity contribution in [2.75, 3.05) is 25.5 Å². The highest BCUT2D eigenvalue weighted by Gasteiger charge is 2.29. The van der Waals surface area contributed by atoms with Gasteiger partial charge in [0.15, 0.2) is 0 Å². The highest BCUT2D eigenvalue weighted by molar-refractivity contribution is 7.89. The predicted octanol–water partition coefficient (Wildman–Crippen LogP) is 4.49. The minimum absolute atomic E-state index is 0.179. The highest BCUT2D eigenvalue weighted by Crippen LogP contribution is 2.26. The van der Waals surface area contributed by atoms with Crippen LogP contribution in [0.25, 0.3) is 0 Å². The van der Waals surface area contributed by atoms with Crippen LogP contribution in [0.4, 0.5) is 5.69 Å². The molecule has 0 unspecified atom stereocenters. The van der Waals surface area contributed by atoms with Crippen LogP contribution in [0.3, 0.4) is 0 Å². The summed E-state index contributed by atoms with van der Waals surface area (Å²) >= 11 is 0. The standard InChI is InChI=1S/C26H30N2O4S/c1-19-16-20(2)26(21(3)17-19)33(30,31)28(15-14-22-10-6-5-7-11-22)18-25(29)27-23-12-8-9-13-24(23)32-4/h5-13,16-17H,14-15,18H2,1-4H3,(H,27,29). The largest absolute Gasteiger partial charge is 0.495 e. The topological polar surface area (TPSA) is 75.7 Å². The van der Waals surface area contributed by atoms with Crippen LogP contribution >= 0.6 is 0 Å². The number of rotatable bonds is 9. The molecule has 0 aliphatic heterocycles. The van der Waals surface area contributed by atoms with E-state index in [1.807, 2.05) is 49.4 Å². The zero-order chi connectivity index (χ0) is 24.0. The number of benzene rings is 3. The number of nitrogens with one attached hydrogen (secondary N) is 1. The van der Waals surface area contributed by atoms with Crippen LogP contribution in [0, 0.1) is 20.8 Å². The van der Waals surface area contributed by atoms with Crippen molar-refractivity contribution in [3.63, 3.8) is 0 Å². The number of carbonyl (C=O) groups excluding carboxylic acids is 1. The second kappa shape index (κ2) is 10.6. The molecule has 1 amide bonds. The SMILES string of the molecule is COc1ccccc1NC(=O)CN(CCc1ccccc1)S(=O)(=O)c1c(C)cc(C)cc1C. The van der Waals surface area contributed by atoms with Gasteiger partial charge in [-0.05, 0) is 56.0 Å². The van der Waals surface area contributed by atoms with Crippen molar-refractivity contribution in [3.8, 4) is 5.75 Å². The number of nitrogens with zero attached hydrogens (tertiary/aromatic N) is 1. The molecule has 0 saturated carbocycles. The first kappa shape index (κ1) is 24.5. The molecule has 3 aromatic carbocycles. The average molecular weight is 467 g/mol. The molecule has 0 saturated heterocycles. The van der Waals surface area contributed by atoms with Gasteiger partial charge in [0.1, 0.15) is 5.75 Å². The molecule has 6 nitrogen and oxygen atoms in total. The summed E-state index contributed by atoms with van der Waals surface area (Å²) in [5.74, 6) is 0.0771. The van der Waals surface area contributed by atoms with Crippen LogP contribution in [0.1, 0.15) is 22.3 Å². The molecule has 0 atom stereocenters. The number of sulfonamides is 1. The van der Waals surface area contributed by atoms with E-state index in [2.05, 4.69) is 5.32 Å². The van der Waals surface area contributed by atoms with Gasteiger partial charge >= 0.3 is 0 Å². The third kappa shape index (κ3) is 6.00. The van der Waals surface area contributed by atoms with Crippen LogP contribution in [0.15, 0.2) is 71.6 Å². The van der Waals surface area contributed by atoms with E-state index >= 15 is 0 Å². The van der Waals surface area contributed by atoms with Gasteiger partial charge in [-0.3, -0.25) is 4.79 Å². The van der Waals surface area contributed by atoms with Crippen LogP contribution < -0.4 is 10.1 Å². The summed E-state index contributed by atoms with van der Waals surface area (Å²) in [5.41, 5.74) is 3.83. The lowest BCUT2D eigenvalue weighted by atomic mass is 10.1. The Hall–Kier alpha value is -3.16. The van der Waals surface area contributed by atoms with Crippen LogP contribution in [0.2, 0.25) is 0 Å². The van der Waals surface area contributed by atoms with Gasteiger partial charge in [0.25, 0.3) is 0 Å². The number of aryl methyl sites for hydroxylation is 3. The molecule has 0 aliphatic rings. The van der Waals surface area contributed by atoms with E-state index in [9.17, 15) is 13.2 Å². The molecule has 0 aromatic heterocycles. The molecule has 7 heteroatoms. The van der Waals surface area contributed by atoms with E-state index in [0.717, 1.165) is 11.1 Å². The maximum atomic E-state index is 13.7. The number of carbonyl (C=O) groups is 1. The Morgan fingerprint density at radius 2 is 1.55 bits per heavy atom. The summed E-state index contributed by atoms with van der Waals surface area (Å²) in [6.45, 7) is 5.39. The first-order valence-corrected chi connectivity index (χ1v) is 12.2. The third-order valence-electron chi connectivity index (χ3n) is 5.40. The summed E-state index contributed by atoms with van der Waals surface area (Å²) in [6, 6.07) is 20.4. The summed E-state index contributed by atoms with van der Waals surface area (Å²) in [7, 11) is -2.39. The van der Waals surface area contributed by atoms with E-state index in [0.29, 0.717) is 29.0 Å². The monoisotopic (exact) mass is 466 g/mol. The van der Waals surface area contributed by atoms with E-state index in [-0.39, 0.29) is 18.0 Å². The van der Waals surface area contributed by atoms with Gasteiger partial charge < -0.3 is 10.1 Å². The summed E-state index contributed by atoms with van der Waals surface area (Å²) in [5, 5.41) is 2.78. The number of para-hydroxylation sites is 2. The smallest absolute Gasteiger partial charge is 0.244 e. The number of anilines is 1. The fourth-order valence-corrected chi connectivity index (χ4v) is 5.79. The van der Waals surface area contributed by atoms with Crippen molar-refractivity contribution >= 4 is 21.6 Å². The Balaban J connectivity index is 1.91. The second-order valence-electron chi connectivity index (χ2n) is 8.05. The lowest BCUT2D eigenvalue weighted by Crippen LogP contribution is -2.40. The number of ether oxygens (including phenoxy) is 1. The maximum Gasteiger partial charge on any atom is 0.244 e. The molecular weight excluding hydrogens is 436 g/mol.